The Labute approximate surface area is 214 Å². The van der Waals surface area contributed by atoms with E-state index >= 15 is 0 Å². The Morgan fingerprint density at radius 1 is 1.00 bits per heavy atom. The van der Waals surface area contributed by atoms with Crippen LogP contribution in [0.3, 0.4) is 0 Å². The highest BCUT2D eigenvalue weighted by atomic mass is 79.9. The van der Waals surface area contributed by atoms with Crippen molar-refractivity contribution in [3.63, 3.8) is 0 Å². The van der Waals surface area contributed by atoms with Gasteiger partial charge in [0.05, 0.1) is 5.69 Å². The number of hydrogen-bond acceptors (Lipinski definition) is 3. The number of halogens is 1. The molecule has 1 aliphatic heterocycles. The van der Waals surface area contributed by atoms with Crippen molar-refractivity contribution < 1.29 is 14.4 Å². The molecule has 0 unspecified atom stereocenters. The predicted molar refractivity (Wildman–Crippen MR) is 142 cm³/mol. The zero-order chi connectivity index (χ0) is 25.1. The van der Waals surface area contributed by atoms with E-state index in [1.807, 2.05) is 74.5 Å². The molecule has 4 rings (SSSR count). The molecule has 182 valence electrons. The minimum absolute atomic E-state index is 0.0138. The number of benzene rings is 3. The van der Waals surface area contributed by atoms with Gasteiger partial charge in [-0.1, -0.05) is 52.3 Å². The lowest BCUT2D eigenvalue weighted by atomic mass is 10.1. The van der Waals surface area contributed by atoms with Gasteiger partial charge in [-0.2, -0.15) is 0 Å². The van der Waals surface area contributed by atoms with Crippen LogP contribution in [-0.2, 0) is 16.1 Å². The summed E-state index contributed by atoms with van der Waals surface area (Å²) in [7, 11) is 0. The summed E-state index contributed by atoms with van der Waals surface area (Å²) < 4.78 is 0.955. The molecule has 0 fully saturated rings. The molecule has 0 aliphatic carbocycles. The molecule has 3 aromatic carbocycles. The van der Waals surface area contributed by atoms with E-state index in [9.17, 15) is 14.4 Å². The number of nitrogens with zero attached hydrogens (tertiary/aromatic N) is 2. The summed E-state index contributed by atoms with van der Waals surface area (Å²) in [5.41, 5.74) is 2.55. The molecule has 0 radical (unpaired) electrons. The second-order valence-corrected chi connectivity index (χ2v) is 10.1. The van der Waals surface area contributed by atoms with Gasteiger partial charge in [-0.05, 0) is 62.4 Å². The first-order valence-corrected chi connectivity index (χ1v) is 12.7. The van der Waals surface area contributed by atoms with Crippen LogP contribution in [0.5, 0.6) is 0 Å². The van der Waals surface area contributed by atoms with Gasteiger partial charge < -0.3 is 15.1 Å². The van der Waals surface area contributed by atoms with E-state index in [1.54, 1.807) is 16.7 Å². The summed E-state index contributed by atoms with van der Waals surface area (Å²) >= 11 is 3.44. The van der Waals surface area contributed by atoms with Crippen molar-refractivity contribution in [3.05, 3.63) is 76.3 Å². The predicted octanol–water partition coefficient (Wildman–Crippen LogP) is 5.28. The molecule has 3 aromatic rings. The Balaban J connectivity index is 1.46. The van der Waals surface area contributed by atoms with Crippen LogP contribution in [0.1, 0.15) is 49.5 Å². The van der Waals surface area contributed by atoms with E-state index in [4.69, 9.17) is 0 Å². The summed E-state index contributed by atoms with van der Waals surface area (Å²) in [5.74, 6) is -0.315. The summed E-state index contributed by atoms with van der Waals surface area (Å²) in [6.07, 6.45) is 0.746. The van der Waals surface area contributed by atoms with Crippen LogP contribution in [0.25, 0.3) is 10.8 Å². The standard InChI is InChI=1S/C28H30BrN3O3/c1-18(2)30-27(34)19(3)32(17-20-12-14-22(29)15-13-20)25(33)11-6-16-31-24-10-5-8-21-7-4-9-23(26(21)24)28(31)35/h4-5,7-10,12-15,18-19H,6,11,16-17H2,1-3H3,(H,30,34)/t19-/m1/s1. The fourth-order valence-corrected chi connectivity index (χ4v) is 4.77. The third-order valence-corrected chi connectivity index (χ3v) is 6.81. The third-order valence-electron chi connectivity index (χ3n) is 6.29. The summed E-state index contributed by atoms with van der Waals surface area (Å²) in [6.45, 7) is 6.34. The highest BCUT2D eigenvalue weighted by molar-refractivity contribution is 9.10. The molecule has 0 saturated heterocycles. The Bertz CT molecular complexity index is 1250. The quantitative estimate of drug-likeness (QED) is 0.405. The maximum absolute atomic E-state index is 13.3. The molecule has 1 aliphatic rings. The lowest BCUT2D eigenvalue weighted by Gasteiger charge is -2.29. The topological polar surface area (TPSA) is 69.7 Å². The smallest absolute Gasteiger partial charge is 0.258 e. The van der Waals surface area contributed by atoms with E-state index in [0.717, 1.165) is 26.5 Å². The van der Waals surface area contributed by atoms with E-state index in [1.165, 1.54) is 0 Å². The fraction of sp³-hybridized carbons (Fsp3) is 0.321. The van der Waals surface area contributed by atoms with Crippen LogP contribution in [-0.4, -0.2) is 41.2 Å². The van der Waals surface area contributed by atoms with Crippen molar-refractivity contribution >= 4 is 50.1 Å². The zero-order valence-electron chi connectivity index (χ0n) is 20.3. The zero-order valence-corrected chi connectivity index (χ0v) is 21.8. The van der Waals surface area contributed by atoms with Gasteiger partial charge in [0, 0.05) is 41.0 Å². The first-order chi connectivity index (χ1) is 16.8. The van der Waals surface area contributed by atoms with Crippen LogP contribution in [0.2, 0.25) is 0 Å². The molecule has 0 aromatic heterocycles. The molecule has 35 heavy (non-hydrogen) atoms. The Hall–Kier alpha value is -3.19. The van der Waals surface area contributed by atoms with Crippen molar-refractivity contribution in [2.75, 3.05) is 11.4 Å². The largest absolute Gasteiger partial charge is 0.352 e. The lowest BCUT2D eigenvalue weighted by Crippen LogP contribution is -2.49. The van der Waals surface area contributed by atoms with E-state index in [2.05, 4.69) is 21.2 Å². The number of carbonyl (C=O) groups is 3. The Morgan fingerprint density at radius 3 is 2.37 bits per heavy atom. The molecule has 1 heterocycles. The van der Waals surface area contributed by atoms with Gasteiger partial charge in [-0.15, -0.1) is 0 Å². The number of rotatable bonds is 9. The molecule has 1 atom stereocenters. The third kappa shape index (κ3) is 5.40. The number of nitrogens with one attached hydrogen (secondary N) is 1. The minimum atomic E-state index is -0.611. The van der Waals surface area contributed by atoms with E-state index < -0.39 is 6.04 Å². The number of amides is 3. The second kappa shape index (κ2) is 10.6. The van der Waals surface area contributed by atoms with Crippen molar-refractivity contribution in [2.45, 2.75) is 52.2 Å². The highest BCUT2D eigenvalue weighted by Crippen LogP contribution is 2.37. The lowest BCUT2D eigenvalue weighted by molar-refractivity contribution is -0.140. The van der Waals surface area contributed by atoms with Gasteiger partial charge >= 0.3 is 0 Å². The van der Waals surface area contributed by atoms with Crippen molar-refractivity contribution in [1.29, 1.82) is 0 Å². The Kier molecular flexibility index (Phi) is 7.55. The van der Waals surface area contributed by atoms with Crippen LogP contribution in [0.4, 0.5) is 5.69 Å². The summed E-state index contributed by atoms with van der Waals surface area (Å²) in [4.78, 5) is 42.5. The van der Waals surface area contributed by atoms with Crippen LogP contribution < -0.4 is 10.2 Å². The first kappa shape index (κ1) is 24.9. The molecule has 0 bridgehead atoms. The molecule has 1 N–H and O–H groups in total. The molecule has 3 amide bonds. The van der Waals surface area contributed by atoms with E-state index in [0.29, 0.717) is 25.1 Å². The first-order valence-electron chi connectivity index (χ1n) is 11.9. The fourth-order valence-electron chi connectivity index (χ4n) is 4.51. The molecular weight excluding hydrogens is 506 g/mol. The van der Waals surface area contributed by atoms with Crippen LogP contribution in [0.15, 0.2) is 65.1 Å². The van der Waals surface area contributed by atoms with Crippen molar-refractivity contribution in [2.24, 2.45) is 0 Å². The number of anilines is 1. The van der Waals surface area contributed by atoms with Crippen LogP contribution in [0, 0.1) is 0 Å². The highest BCUT2D eigenvalue weighted by Gasteiger charge is 2.30. The molecule has 0 spiro atoms. The van der Waals surface area contributed by atoms with E-state index in [-0.39, 0.29) is 30.2 Å². The van der Waals surface area contributed by atoms with Gasteiger partial charge in [0.25, 0.3) is 5.91 Å². The SMILES string of the molecule is CC(C)NC(=O)[C@@H](C)N(Cc1ccc(Br)cc1)C(=O)CCCN1C(=O)c2cccc3cccc1c23. The summed E-state index contributed by atoms with van der Waals surface area (Å²) in [5, 5.41) is 4.92. The number of carbonyl (C=O) groups excluding carboxylic acids is 3. The van der Waals surface area contributed by atoms with Crippen molar-refractivity contribution in [3.8, 4) is 0 Å². The minimum Gasteiger partial charge on any atom is -0.352 e. The number of hydrogen-bond donors (Lipinski definition) is 1. The van der Waals surface area contributed by atoms with Crippen LogP contribution >= 0.6 is 15.9 Å². The molecule has 6 nitrogen and oxygen atoms in total. The van der Waals surface area contributed by atoms with Gasteiger partial charge in [0.15, 0.2) is 0 Å². The average molecular weight is 536 g/mol. The normalized spacial score (nSPS) is 13.4. The van der Waals surface area contributed by atoms with Gasteiger partial charge in [-0.25, -0.2) is 0 Å². The Morgan fingerprint density at radius 2 is 1.69 bits per heavy atom. The maximum atomic E-state index is 13.3. The molecule has 7 heteroatoms. The van der Waals surface area contributed by atoms with Gasteiger partial charge in [0.1, 0.15) is 6.04 Å². The molecule has 0 saturated carbocycles. The maximum Gasteiger partial charge on any atom is 0.258 e. The summed E-state index contributed by atoms with van der Waals surface area (Å²) in [6, 6.07) is 18.8. The van der Waals surface area contributed by atoms with Gasteiger partial charge in [-0.3, -0.25) is 14.4 Å². The molecular formula is C28H30BrN3O3. The average Bonchev–Trinajstić information content (AvgIpc) is 3.11. The van der Waals surface area contributed by atoms with Gasteiger partial charge in [0.2, 0.25) is 11.8 Å². The van der Waals surface area contributed by atoms with Crippen molar-refractivity contribution in [1.82, 2.24) is 10.2 Å². The second-order valence-electron chi connectivity index (χ2n) is 9.23. The monoisotopic (exact) mass is 535 g/mol.